The monoisotopic (exact) mass is 378 g/mol. The number of thiocarbonyl (C=S) groups is 1. The van der Waals surface area contributed by atoms with Crippen LogP contribution in [0, 0.1) is 6.92 Å². The summed E-state index contributed by atoms with van der Waals surface area (Å²) in [6.45, 7) is 4.87. The van der Waals surface area contributed by atoms with Crippen LogP contribution in [0.3, 0.4) is 0 Å². The number of rotatable bonds is 6. The minimum atomic E-state index is 0.0445. The largest absolute Gasteiger partial charge is 0.467 e. The fourth-order valence-corrected chi connectivity index (χ4v) is 3.06. The lowest BCUT2D eigenvalue weighted by atomic mass is 10.1. The third-order valence-corrected chi connectivity index (χ3v) is 4.57. The van der Waals surface area contributed by atoms with Crippen molar-refractivity contribution in [2.45, 2.75) is 26.9 Å². The molecule has 4 nitrogen and oxygen atoms in total. The lowest BCUT2D eigenvalue weighted by Crippen LogP contribution is -2.33. The van der Waals surface area contributed by atoms with Gasteiger partial charge >= 0.3 is 0 Å². The average Bonchev–Trinajstić information content (AvgIpc) is 3.15. The van der Waals surface area contributed by atoms with E-state index < -0.39 is 0 Å². The van der Waals surface area contributed by atoms with Crippen LogP contribution in [0.4, 0.5) is 5.69 Å². The Morgan fingerprint density at radius 2 is 1.85 bits per heavy atom. The predicted molar refractivity (Wildman–Crippen MR) is 112 cm³/mol. The first kappa shape index (κ1) is 18.9. The minimum Gasteiger partial charge on any atom is -0.467 e. The molecule has 138 valence electrons. The molecule has 0 bridgehead atoms. The van der Waals surface area contributed by atoms with Crippen LogP contribution in [-0.2, 0) is 13.1 Å². The Labute approximate surface area is 164 Å². The number of carbonyl (C=O) groups excluding carboxylic acids is 1. The molecule has 1 N–H and O–H groups in total. The van der Waals surface area contributed by atoms with Crippen LogP contribution in [0.15, 0.2) is 71.3 Å². The fourth-order valence-electron chi connectivity index (χ4n) is 2.81. The molecule has 0 spiro atoms. The van der Waals surface area contributed by atoms with Crippen molar-refractivity contribution in [1.82, 2.24) is 4.90 Å². The molecule has 0 amide bonds. The number of benzene rings is 2. The van der Waals surface area contributed by atoms with Crippen molar-refractivity contribution < 1.29 is 9.21 Å². The molecule has 0 saturated heterocycles. The van der Waals surface area contributed by atoms with Gasteiger partial charge < -0.3 is 14.6 Å². The lowest BCUT2D eigenvalue weighted by Gasteiger charge is -2.25. The highest BCUT2D eigenvalue weighted by atomic mass is 32.1. The SMILES string of the molecule is CC(=O)c1ccc(NC(=S)N(Cc2cccc(C)c2)Cc2ccco2)cc1. The van der Waals surface area contributed by atoms with Crippen molar-refractivity contribution in [2.75, 3.05) is 5.32 Å². The van der Waals surface area contributed by atoms with E-state index in [1.54, 1.807) is 25.3 Å². The molecule has 0 fully saturated rings. The van der Waals surface area contributed by atoms with Crippen LogP contribution < -0.4 is 5.32 Å². The highest BCUT2D eigenvalue weighted by Gasteiger charge is 2.13. The van der Waals surface area contributed by atoms with E-state index in [1.165, 1.54) is 11.1 Å². The molecule has 1 heterocycles. The molecule has 0 atom stereocenters. The second-order valence-corrected chi connectivity index (χ2v) is 6.87. The van der Waals surface area contributed by atoms with Gasteiger partial charge in [0.05, 0.1) is 12.8 Å². The summed E-state index contributed by atoms with van der Waals surface area (Å²) in [5.41, 5.74) is 3.92. The Morgan fingerprint density at radius 1 is 1.07 bits per heavy atom. The summed E-state index contributed by atoms with van der Waals surface area (Å²) in [6.07, 6.45) is 1.66. The molecule has 3 rings (SSSR count). The van der Waals surface area contributed by atoms with Gasteiger partial charge in [-0.3, -0.25) is 4.79 Å². The highest BCUT2D eigenvalue weighted by molar-refractivity contribution is 7.80. The highest BCUT2D eigenvalue weighted by Crippen LogP contribution is 2.16. The Kier molecular flexibility index (Phi) is 6.04. The van der Waals surface area contributed by atoms with E-state index in [4.69, 9.17) is 16.6 Å². The van der Waals surface area contributed by atoms with Crippen molar-refractivity contribution in [2.24, 2.45) is 0 Å². The standard InChI is InChI=1S/C22H22N2O2S/c1-16-5-3-6-18(13-16)14-24(15-21-7-4-12-26-21)22(27)23-20-10-8-19(9-11-20)17(2)25/h3-13H,14-15H2,1-2H3,(H,23,27). The quantitative estimate of drug-likeness (QED) is 0.472. The molecule has 0 saturated carbocycles. The molecule has 5 heteroatoms. The predicted octanol–water partition coefficient (Wildman–Crippen LogP) is 5.19. The summed E-state index contributed by atoms with van der Waals surface area (Å²) in [5, 5.41) is 3.86. The smallest absolute Gasteiger partial charge is 0.174 e. The molecule has 3 aromatic rings. The number of carbonyl (C=O) groups is 1. The number of hydrogen-bond donors (Lipinski definition) is 1. The zero-order chi connectivity index (χ0) is 19.2. The van der Waals surface area contributed by atoms with Crippen molar-refractivity contribution in [3.63, 3.8) is 0 Å². The maximum atomic E-state index is 11.4. The average molecular weight is 378 g/mol. The molecule has 0 unspecified atom stereocenters. The summed E-state index contributed by atoms with van der Waals surface area (Å²) < 4.78 is 5.50. The first-order valence-corrected chi connectivity index (χ1v) is 9.17. The van der Waals surface area contributed by atoms with Gasteiger partial charge in [0.25, 0.3) is 0 Å². The summed E-state index contributed by atoms with van der Waals surface area (Å²) in [7, 11) is 0. The Balaban J connectivity index is 1.76. The summed E-state index contributed by atoms with van der Waals surface area (Å²) in [6, 6.07) is 19.5. The first-order valence-electron chi connectivity index (χ1n) is 8.76. The van der Waals surface area contributed by atoms with Gasteiger partial charge in [-0.1, -0.05) is 29.8 Å². The second-order valence-electron chi connectivity index (χ2n) is 6.49. The van der Waals surface area contributed by atoms with Gasteiger partial charge in [0.2, 0.25) is 0 Å². The number of furan rings is 1. The van der Waals surface area contributed by atoms with Crippen LogP contribution in [0.2, 0.25) is 0 Å². The van der Waals surface area contributed by atoms with Crippen molar-refractivity contribution in [1.29, 1.82) is 0 Å². The number of anilines is 1. The maximum Gasteiger partial charge on any atom is 0.174 e. The van der Waals surface area contributed by atoms with Gasteiger partial charge in [0.15, 0.2) is 10.9 Å². The summed E-state index contributed by atoms with van der Waals surface area (Å²) >= 11 is 5.65. The number of ketones is 1. The Hall–Kier alpha value is -2.92. The fraction of sp³-hybridized carbons (Fsp3) is 0.182. The lowest BCUT2D eigenvalue weighted by molar-refractivity contribution is 0.101. The van der Waals surface area contributed by atoms with E-state index in [9.17, 15) is 4.79 Å². The zero-order valence-electron chi connectivity index (χ0n) is 15.4. The number of hydrogen-bond acceptors (Lipinski definition) is 3. The van der Waals surface area contributed by atoms with Crippen LogP contribution >= 0.6 is 12.2 Å². The van der Waals surface area contributed by atoms with Gasteiger partial charge in [0.1, 0.15) is 5.76 Å². The molecule has 27 heavy (non-hydrogen) atoms. The van der Waals surface area contributed by atoms with Gasteiger partial charge in [-0.25, -0.2) is 0 Å². The van der Waals surface area contributed by atoms with Gasteiger partial charge in [-0.15, -0.1) is 0 Å². The number of Topliss-reactive ketones (excluding diaryl/α,β-unsaturated/α-hetero) is 1. The summed E-state index contributed by atoms with van der Waals surface area (Å²) in [5.74, 6) is 0.891. The molecule has 0 radical (unpaired) electrons. The third-order valence-electron chi connectivity index (χ3n) is 4.21. The number of nitrogens with zero attached hydrogens (tertiary/aromatic N) is 1. The minimum absolute atomic E-state index is 0.0445. The Morgan fingerprint density at radius 3 is 2.48 bits per heavy atom. The zero-order valence-corrected chi connectivity index (χ0v) is 16.3. The normalized spacial score (nSPS) is 10.4. The molecular weight excluding hydrogens is 356 g/mol. The van der Waals surface area contributed by atoms with E-state index in [-0.39, 0.29) is 5.78 Å². The molecule has 0 aliphatic heterocycles. The molecule has 2 aromatic carbocycles. The maximum absolute atomic E-state index is 11.4. The summed E-state index contributed by atoms with van der Waals surface area (Å²) in [4.78, 5) is 13.5. The third kappa shape index (κ3) is 5.28. The van der Waals surface area contributed by atoms with E-state index in [0.29, 0.717) is 23.8 Å². The van der Waals surface area contributed by atoms with Crippen LogP contribution in [-0.4, -0.2) is 15.8 Å². The molecule has 1 aromatic heterocycles. The van der Waals surface area contributed by atoms with Crippen molar-refractivity contribution in [3.8, 4) is 0 Å². The number of aryl methyl sites for hydroxylation is 1. The molecule has 0 aliphatic carbocycles. The van der Waals surface area contributed by atoms with Crippen LogP contribution in [0.25, 0.3) is 0 Å². The van der Waals surface area contributed by atoms with Crippen LogP contribution in [0.5, 0.6) is 0 Å². The second kappa shape index (κ2) is 8.64. The number of nitrogens with one attached hydrogen (secondary N) is 1. The first-order chi connectivity index (χ1) is 13.0. The van der Waals surface area contributed by atoms with E-state index >= 15 is 0 Å². The van der Waals surface area contributed by atoms with Gasteiger partial charge in [-0.05, 0) is 68.0 Å². The molecule has 0 aliphatic rings. The van der Waals surface area contributed by atoms with Gasteiger partial charge in [-0.2, -0.15) is 0 Å². The van der Waals surface area contributed by atoms with Crippen LogP contribution in [0.1, 0.15) is 34.2 Å². The van der Waals surface area contributed by atoms with E-state index in [2.05, 4.69) is 35.3 Å². The van der Waals surface area contributed by atoms with Crippen molar-refractivity contribution >= 4 is 28.8 Å². The van der Waals surface area contributed by atoms with Crippen molar-refractivity contribution in [3.05, 3.63) is 89.4 Å². The van der Waals surface area contributed by atoms with E-state index in [1.807, 2.05) is 30.3 Å². The molecular formula is C22H22N2O2S. The topological polar surface area (TPSA) is 45.5 Å². The Bertz CT molecular complexity index is 918. The van der Waals surface area contributed by atoms with Gasteiger partial charge in [0, 0.05) is 17.8 Å². The van der Waals surface area contributed by atoms with E-state index in [0.717, 1.165) is 11.4 Å².